The van der Waals surface area contributed by atoms with Gasteiger partial charge in [0.25, 0.3) is 0 Å². The van der Waals surface area contributed by atoms with Crippen LogP contribution in [0.25, 0.3) is 0 Å². The maximum atomic E-state index is 4.75. The van der Waals surface area contributed by atoms with Crippen molar-refractivity contribution in [2.45, 2.75) is 49.8 Å². The van der Waals surface area contributed by atoms with Crippen molar-refractivity contribution in [2.75, 3.05) is 0 Å². The van der Waals surface area contributed by atoms with Crippen LogP contribution in [-0.2, 0) is 19.3 Å². The first kappa shape index (κ1) is 8.84. The van der Waals surface area contributed by atoms with Crippen LogP contribution in [0.5, 0.6) is 0 Å². The highest BCUT2D eigenvalue weighted by Gasteiger charge is 2.26. The fourth-order valence-corrected chi connectivity index (χ4v) is 3.69. The molecule has 0 bridgehead atoms. The van der Waals surface area contributed by atoms with Gasteiger partial charge in [0.15, 0.2) is 0 Å². The molecular weight excluding hydrogens is 188 g/mol. The highest BCUT2D eigenvalue weighted by Crippen LogP contribution is 2.42. The Labute approximate surface area is 91.1 Å². The third-order valence-electron chi connectivity index (χ3n) is 3.84. The zero-order valence-corrected chi connectivity index (χ0v) is 9.53. The van der Waals surface area contributed by atoms with Gasteiger partial charge in [0.1, 0.15) is 0 Å². The summed E-state index contributed by atoms with van der Waals surface area (Å²) in [7, 11) is 0. The van der Waals surface area contributed by atoms with Gasteiger partial charge in [0.05, 0.1) is 0 Å². The van der Waals surface area contributed by atoms with E-state index in [2.05, 4.69) is 13.0 Å². The number of rotatable bonds is 0. The van der Waals surface area contributed by atoms with Crippen LogP contribution >= 0.6 is 12.6 Å². The molecule has 0 saturated carbocycles. The van der Waals surface area contributed by atoms with Gasteiger partial charge in [0.2, 0.25) is 0 Å². The van der Waals surface area contributed by atoms with E-state index < -0.39 is 0 Å². The number of aryl methyl sites for hydroxylation is 2. The van der Waals surface area contributed by atoms with Crippen LogP contribution in [0.3, 0.4) is 0 Å². The number of hydrogen-bond donors (Lipinski definition) is 1. The summed E-state index contributed by atoms with van der Waals surface area (Å²) < 4.78 is 0. The van der Waals surface area contributed by atoms with E-state index in [4.69, 9.17) is 12.6 Å². The summed E-state index contributed by atoms with van der Waals surface area (Å²) in [5, 5.41) is 0. The quantitative estimate of drug-likeness (QED) is 0.614. The van der Waals surface area contributed by atoms with Gasteiger partial charge in [-0.1, -0.05) is 13.0 Å². The lowest BCUT2D eigenvalue weighted by Crippen LogP contribution is -1.95. The van der Waals surface area contributed by atoms with E-state index in [0.717, 1.165) is 5.92 Å². The smallest absolute Gasteiger partial charge is 0.0112 e. The first-order valence-electron chi connectivity index (χ1n) is 5.64. The Hall–Kier alpha value is -0.430. The van der Waals surface area contributed by atoms with Gasteiger partial charge in [-0.25, -0.2) is 0 Å². The van der Waals surface area contributed by atoms with Crippen LogP contribution < -0.4 is 0 Å². The van der Waals surface area contributed by atoms with Crippen LogP contribution in [0.4, 0.5) is 0 Å². The van der Waals surface area contributed by atoms with E-state index in [9.17, 15) is 0 Å². The molecule has 0 amide bonds. The molecule has 2 aliphatic carbocycles. The van der Waals surface area contributed by atoms with Crippen molar-refractivity contribution >= 4 is 12.6 Å². The normalized spacial score (nSPS) is 23.7. The van der Waals surface area contributed by atoms with Gasteiger partial charge in [-0.2, -0.15) is 0 Å². The molecule has 0 aliphatic heterocycles. The van der Waals surface area contributed by atoms with Gasteiger partial charge >= 0.3 is 0 Å². The summed E-state index contributed by atoms with van der Waals surface area (Å²) in [4.78, 5) is 1.33. The Balaban J connectivity index is 2.25. The molecular formula is C13H16S. The maximum Gasteiger partial charge on any atom is 0.0112 e. The summed E-state index contributed by atoms with van der Waals surface area (Å²) in [6.45, 7) is 2.34. The van der Waals surface area contributed by atoms with E-state index >= 15 is 0 Å². The molecule has 1 unspecified atom stereocenters. The van der Waals surface area contributed by atoms with Crippen molar-refractivity contribution < 1.29 is 0 Å². The lowest BCUT2D eigenvalue weighted by Gasteiger charge is -2.13. The number of thiol groups is 1. The highest BCUT2D eigenvalue weighted by atomic mass is 32.1. The number of hydrogen-bond acceptors (Lipinski definition) is 1. The Kier molecular flexibility index (Phi) is 1.91. The molecule has 0 aromatic heterocycles. The van der Waals surface area contributed by atoms with Crippen molar-refractivity contribution in [2.24, 2.45) is 0 Å². The lowest BCUT2D eigenvalue weighted by molar-refractivity contribution is 0.736. The molecule has 3 rings (SSSR count). The molecule has 14 heavy (non-hydrogen) atoms. The Bertz CT molecular complexity index is 393. The Morgan fingerprint density at radius 1 is 1.21 bits per heavy atom. The zero-order chi connectivity index (χ0) is 9.71. The highest BCUT2D eigenvalue weighted by molar-refractivity contribution is 7.80. The Morgan fingerprint density at radius 3 is 2.93 bits per heavy atom. The van der Waals surface area contributed by atoms with Crippen molar-refractivity contribution in [1.82, 2.24) is 0 Å². The third-order valence-corrected chi connectivity index (χ3v) is 4.35. The minimum atomic E-state index is 0.739. The molecule has 0 heterocycles. The van der Waals surface area contributed by atoms with Gasteiger partial charge in [-0.05, 0) is 60.3 Å². The van der Waals surface area contributed by atoms with Crippen LogP contribution in [0, 0.1) is 0 Å². The van der Waals surface area contributed by atoms with Crippen LogP contribution in [0.1, 0.15) is 47.9 Å². The average molecular weight is 204 g/mol. The minimum absolute atomic E-state index is 0.739. The van der Waals surface area contributed by atoms with E-state index in [0.29, 0.717) is 0 Å². The van der Waals surface area contributed by atoms with Crippen LogP contribution in [0.2, 0.25) is 0 Å². The SMILES string of the molecule is CC1CCc2cc3c(c(S)c21)CCC3. The summed E-state index contributed by atoms with van der Waals surface area (Å²) in [6, 6.07) is 2.46. The molecule has 0 saturated heterocycles. The zero-order valence-electron chi connectivity index (χ0n) is 8.64. The fraction of sp³-hybridized carbons (Fsp3) is 0.538. The number of fused-ring (bicyclic) bond motifs is 2. The van der Waals surface area contributed by atoms with Gasteiger partial charge in [-0.15, -0.1) is 12.6 Å². The molecule has 1 heteroatoms. The maximum absolute atomic E-state index is 4.75. The first-order valence-corrected chi connectivity index (χ1v) is 6.08. The van der Waals surface area contributed by atoms with E-state index in [-0.39, 0.29) is 0 Å². The predicted molar refractivity (Wildman–Crippen MR) is 62.5 cm³/mol. The van der Waals surface area contributed by atoms with Crippen molar-refractivity contribution in [3.8, 4) is 0 Å². The second-order valence-electron chi connectivity index (χ2n) is 4.73. The molecule has 0 N–H and O–H groups in total. The summed E-state index contributed by atoms with van der Waals surface area (Å²) >= 11 is 4.75. The molecule has 74 valence electrons. The van der Waals surface area contributed by atoms with Gasteiger partial charge in [-0.3, -0.25) is 0 Å². The summed E-state index contributed by atoms with van der Waals surface area (Å²) in [6.07, 6.45) is 6.47. The monoisotopic (exact) mass is 204 g/mol. The number of benzene rings is 1. The fourth-order valence-electron chi connectivity index (χ4n) is 3.07. The average Bonchev–Trinajstić information content (AvgIpc) is 2.74. The molecule has 1 atom stereocenters. The van der Waals surface area contributed by atoms with E-state index in [1.807, 2.05) is 0 Å². The minimum Gasteiger partial charge on any atom is -0.143 e. The second kappa shape index (κ2) is 3.03. The molecule has 0 nitrogen and oxygen atoms in total. The molecule has 1 aromatic carbocycles. The van der Waals surface area contributed by atoms with Gasteiger partial charge in [0, 0.05) is 4.90 Å². The first-order chi connectivity index (χ1) is 6.77. The van der Waals surface area contributed by atoms with Crippen LogP contribution in [0.15, 0.2) is 11.0 Å². The lowest BCUT2D eigenvalue weighted by atomic mass is 9.98. The molecule has 0 spiro atoms. The van der Waals surface area contributed by atoms with Crippen molar-refractivity contribution in [3.05, 3.63) is 28.3 Å². The second-order valence-corrected chi connectivity index (χ2v) is 5.18. The molecule has 0 radical (unpaired) electrons. The van der Waals surface area contributed by atoms with Crippen LogP contribution in [-0.4, -0.2) is 0 Å². The van der Waals surface area contributed by atoms with E-state index in [1.54, 1.807) is 22.3 Å². The standard InChI is InChI=1S/C13H16S/c1-8-5-6-10-7-9-3-2-4-11(9)13(14)12(8)10/h7-8,14H,2-6H2,1H3. The summed E-state index contributed by atoms with van der Waals surface area (Å²) in [5.41, 5.74) is 6.29. The van der Waals surface area contributed by atoms with Crippen molar-refractivity contribution in [1.29, 1.82) is 0 Å². The predicted octanol–water partition coefficient (Wildman–Crippen LogP) is 3.51. The molecule has 0 fully saturated rings. The molecule has 2 aliphatic rings. The third kappa shape index (κ3) is 1.08. The van der Waals surface area contributed by atoms with Crippen molar-refractivity contribution in [3.63, 3.8) is 0 Å². The topological polar surface area (TPSA) is 0 Å². The molecule has 1 aromatic rings. The Morgan fingerprint density at radius 2 is 2.07 bits per heavy atom. The van der Waals surface area contributed by atoms with E-state index in [1.165, 1.54) is 37.0 Å². The van der Waals surface area contributed by atoms with Gasteiger partial charge < -0.3 is 0 Å². The summed E-state index contributed by atoms with van der Waals surface area (Å²) in [5.74, 6) is 0.739. The largest absolute Gasteiger partial charge is 0.143 e.